The first-order valence-corrected chi connectivity index (χ1v) is 8.40. The number of benzene rings is 2. The van der Waals surface area contributed by atoms with Crippen molar-refractivity contribution < 1.29 is 0 Å². The topological polar surface area (TPSA) is 3.24 Å². The summed E-state index contributed by atoms with van der Waals surface area (Å²) in [5.74, 6) is 0. The largest absolute Gasteiger partial charge is 0.312 e. The molecule has 19 heavy (non-hydrogen) atoms. The van der Waals surface area contributed by atoms with Gasteiger partial charge in [0.1, 0.15) is 0 Å². The van der Waals surface area contributed by atoms with Crippen LogP contribution in [0.5, 0.6) is 0 Å². The van der Waals surface area contributed by atoms with E-state index in [0.717, 1.165) is 5.49 Å². The van der Waals surface area contributed by atoms with Crippen LogP contribution in [-0.4, -0.2) is 31.5 Å². The lowest BCUT2D eigenvalue weighted by Crippen LogP contribution is -2.11. The van der Waals surface area contributed by atoms with Gasteiger partial charge in [-0.3, -0.25) is 0 Å². The summed E-state index contributed by atoms with van der Waals surface area (Å²) in [5.41, 5.74) is 0.906. The maximum Gasteiger partial charge on any atom is 0.0186 e. The van der Waals surface area contributed by atoms with E-state index in [9.17, 15) is 0 Å². The van der Waals surface area contributed by atoms with Gasteiger partial charge in [-0.2, -0.15) is 12.6 Å². The van der Waals surface area contributed by atoms with Gasteiger partial charge in [0.2, 0.25) is 0 Å². The predicted molar refractivity (Wildman–Crippen MR) is 92.5 cm³/mol. The fourth-order valence-electron chi connectivity index (χ4n) is 1.53. The van der Waals surface area contributed by atoms with Crippen LogP contribution in [-0.2, 0) is 0 Å². The molecule has 2 rings (SSSR count). The van der Waals surface area contributed by atoms with E-state index in [0.29, 0.717) is 0 Å². The monoisotopic (exact) mass is 291 g/mol. The standard InChI is InChI=1S/C13H13PS.C3H9N/c15-11-14(12-7-3-1-4-8-12)13-9-5-2-6-10-13;1-4(2)3/h1-10,15H,11H2;1-3H3. The highest BCUT2D eigenvalue weighted by atomic mass is 32.1. The number of thiol groups is 1. The fraction of sp³-hybridized carbons (Fsp3) is 0.250. The smallest absolute Gasteiger partial charge is 0.0186 e. The third-order valence-corrected chi connectivity index (χ3v) is 5.25. The third kappa shape index (κ3) is 6.24. The van der Waals surface area contributed by atoms with Crippen LogP contribution in [0.1, 0.15) is 0 Å². The zero-order valence-electron chi connectivity index (χ0n) is 11.8. The molecule has 0 atom stereocenters. The van der Waals surface area contributed by atoms with Crippen LogP contribution >= 0.6 is 20.6 Å². The molecule has 0 aromatic heterocycles. The first-order valence-electron chi connectivity index (χ1n) is 6.24. The molecule has 2 aromatic rings. The van der Waals surface area contributed by atoms with Crippen LogP contribution in [0.4, 0.5) is 0 Å². The summed E-state index contributed by atoms with van der Waals surface area (Å²) in [6.07, 6.45) is 0. The van der Waals surface area contributed by atoms with Crippen LogP contribution < -0.4 is 10.6 Å². The molecule has 3 heteroatoms. The van der Waals surface area contributed by atoms with Crippen molar-refractivity contribution in [3.05, 3.63) is 60.7 Å². The molecule has 0 fully saturated rings. The first-order chi connectivity index (χ1) is 9.15. The lowest BCUT2D eigenvalue weighted by Gasteiger charge is -2.15. The van der Waals surface area contributed by atoms with Crippen LogP contribution in [0.3, 0.4) is 0 Å². The van der Waals surface area contributed by atoms with Gasteiger partial charge in [0.25, 0.3) is 0 Å². The maximum atomic E-state index is 4.47. The zero-order valence-corrected chi connectivity index (χ0v) is 13.6. The van der Waals surface area contributed by atoms with Crippen molar-refractivity contribution >= 4 is 31.2 Å². The van der Waals surface area contributed by atoms with E-state index in [1.807, 2.05) is 26.0 Å². The summed E-state index contributed by atoms with van der Waals surface area (Å²) in [6.45, 7) is 0. The Hall–Kier alpha value is -0.820. The number of nitrogens with zero attached hydrogens (tertiary/aromatic N) is 1. The Labute approximate surface area is 123 Å². The predicted octanol–water partition coefficient (Wildman–Crippen LogP) is 3.18. The van der Waals surface area contributed by atoms with Gasteiger partial charge in [0, 0.05) is 5.49 Å². The lowest BCUT2D eigenvalue weighted by molar-refractivity contribution is 0.505. The van der Waals surface area contributed by atoms with E-state index >= 15 is 0 Å². The van der Waals surface area contributed by atoms with E-state index in [-0.39, 0.29) is 7.92 Å². The molecular formula is C16H22NPS. The average molecular weight is 291 g/mol. The number of hydrogen-bond acceptors (Lipinski definition) is 2. The molecule has 0 spiro atoms. The van der Waals surface area contributed by atoms with Crippen LogP contribution in [0.25, 0.3) is 0 Å². The van der Waals surface area contributed by atoms with Gasteiger partial charge in [0.15, 0.2) is 0 Å². The highest BCUT2D eigenvalue weighted by molar-refractivity contribution is 7.93. The summed E-state index contributed by atoms with van der Waals surface area (Å²) in [6, 6.07) is 21.2. The molecular weight excluding hydrogens is 269 g/mol. The van der Waals surface area contributed by atoms with E-state index in [1.54, 1.807) is 0 Å². The van der Waals surface area contributed by atoms with E-state index < -0.39 is 0 Å². The third-order valence-electron chi connectivity index (χ3n) is 2.28. The molecule has 0 bridgehead atoms. The minimum Gasteiger partial charge on any atom is -0.312 e. The average Bonchev–Trinajstić information content (AvgIpc) is 2.41. The molecule has 0 aliphatic heterocycles. The minimum absolute atomic E-state index is 0.284. The highest BCUT2D eigenvalue weighted by Gasteiger charge is 2.10. The van der Waals surface area contributed by atoms with Gasteiger partial charge in [-0.05, 0) is 39.7 Å². The molecule has 0 amide bonds. The van der Waals surface area contributed by atoms with Crippen LogP contribution in [0.15, 0.2) is 60.7 Å². The maximum absolute atomic E-state index is 4.47. The Balaban J connectivity index is 0.000000399. The Morgan fingerprint density at radius 1 is 0.789 bits per heavy atom. The second kappa shape index (κ2) is 9.14. The van der Waals surface area contributed by atoms with Gasteiger partial charge in [-0.1, -0.05) is 60.7 Å². The second-order valence-electron chi connectivity index (χ2n) is 4.58. The Morgan fingerprint density at radius 3 is 1.37 bits per heavy atom. The van der Waals surface area contributed by atoms with Crippen LogP contribution in [0.2, 0.25) is 0 Å². The zero-order chi connectivity index (χ0) is 14.1. The number of rotatable bonds is 3. The van der Waals surface area contributed by atoms with Crippen molar-refractivity contribution in [2.75, 3.05) is 26.6 Å². The van der Waals surface area contributed by atoms with Gasteiger partial charge >= 0.3 is 0 Å². The lowest BCUT2D eigenvalue weighted by atomic mass is 10.4. The van der Waals surface area contributed by atoms with Crippen molar-refractivity contribution in [3.8, 4) is 0 Å². The first kappa shape index (κ1) is 16.2. The Bertz CT molecular complexity index is 403. The van der Waals surface area contributed by atoms with Crippen molar-refractivity contribution in [3.63, 3.8) is 0 Å². The normalized spacial score (nSPS) is 10.2. The summed E-state index contributed by atoms with van der Waals surface area (Å²) in [5, 5.41) is 2.79. The van der Waals surface area contributed by atoms with E-state index in [1.165, 1.54) is 10.6 Å². The van der Waals surface area contributed by atoms with Crippen molar-refractivity contribution in [1.29, 1.82) is 0 Å². The minimum atomic E-state index is -0.284. The van der Waals surface area contributed by atoms with E-state index in [2.05, 4.69) is 73.3 Å². The molecule has 2 aromatic carbocycles. The summed E-state index contributed by atoms with van der Waals surface area (Å²) in [7, 11) is 5.72. The van der Waals surface area contributed by atoms with Crippen molar-refractivity contribution in [2.24, 2.45) is 0 Å². The van der Waals surface area contributed by atoms with Crippen molar-refractivity contribution in [2.45, 2.75) is 0 Å². The summed E-state index contributed by atoms with van der Waals surface area (Å²) in [4.78, 5) is 2.00. The summed E-state index contributed by atoms with van der Waals surface area (Å²) >= 11 is 4.47. The molecule has 0 N–H and O–H groups in total. The molecule has 0 aliphatic carbocycles. The van der Waals surface area contributed by atoms with Gasteiger partial charge in [0.05, 0.1) is 0 Å². The van der Waals surface area contributed by atoms with Crippen LogP contribution in [0, 0.1) is 0 Å². The molecule has 0 saturated heterocycles. The van der Waals surface area contributed by atoms with Gasteiger partial charge in [-0.15, -0.1) is 0 Å². The molecule has 0 aliphatic rings. The molecule has 0 heterocycles. The number of hydrogen-bond donors (Lipinski definition) is 1. The van der Waals surface area contributed by atoms with E-state index in [4.69, 9.17) is 0 Å². The summed E-state index contributed by atoms with van der Waals surface area (Å²) < 4.78 is 0. The van der Waals surface area contributed by atoms with Crippen molar-refractivity contribution in [1.82, 2.24) is 4.90 Å². The second-order valence-corrected chi connectivity index (χ2v) is 7.60. The highest BCUT2D eigenvalue weighted by Crippen LogP contribution is 2.33. The fourth-order valence-corrected chi connectivity index (χ4v) is 4.20. The SMILES string of the molecule is CN(C)C.SCP(c1ccccc1)c1ccccc1. The Kier molecular flexibility index (Phi) is 7.81. The quantitative estimate of drug-likeness (QED) is 0.671. The molecule has 0 unspecified atom stereocenters. The van der Waals surface area contributed by atoms with Gasteiger partial charge < -0.3 is 4.90 Å². The Morgan fingerprint density at radius 2 is 1.11 bits per heavy atom. The van der Waals surface area contributed by atoms with Gasteiger partial charge in [-0.25, -0.2) is 0 Å². The molecule has 1 nitrogen and oxygen atoms in total. The molecule has 0 radical (unpaired) electrons. The molecule has 0 saturated carbocycles. The molecule has 102 valence electrons.